The maximum Gasteiger partial charge on any atom is 0.253 e. The number of hydrogen-bond acceptors (Lipinski definition) is 3. The van der Waals surface area contributed by atoms with Gasteiger partial charge in [0.25, 0.3) is 5.91 Å². The van der Waals surface area contributed by atoms with Crippen LogP contribution in [0.15, 0.2) is 57.8 Å². The van der Waals surface area contributed by atoms with Crippen molar-refractivity contribution in [3.8, 4) is 0 Å². The van der Waals surface area contributed by atoms with Gasteiger partial charge in [0.05, 0.1) is 27.3 Å². The molecule has 2 atom stereocenters. The maximum atomic E-state index is 12.7. The fourth-order valence-electron chi connectivity index (χ4n) is 2.95. The number of furan rings is 1. The number of fused-ring (bicyclic) bond motifs is 1. The number of nitrogens with one attached hydrogen (secondary N) is 1. The molecular formula is C20H21NO3S. The van der Waals surface area contributed by atoms with Gasteiger partial charge in [-0.3, -0.25) is 9.00 Å². The standard InChI is InChI=1S/C20H21NO3S/c1-4-25(23)18-12-8-6-10-16(18)20(22)21-14(3)19-13(2)15-9-5-7-11-17(15)24-19/h5-12,14H,4H2,1-3H3,(H,21,22). The van der Waals surface area contributed by atoms with E-state index in [2.05, 4.69) is 5.32 Å². The monoisotopic (exact) mass is 355 g/mol. The van der Waals surface area contributed by atoms with E-state index in [4.69, 9.17) is 4.42 Å². The van der Waals surface area contributed by atoms with E-state index < -0.39 is 10.8 Å². The molecule has 0 aliphatic heterocycles. The molecular weight excluding hydrogens is 334 g/mol. The Balaban J connectivity index is 1.88. The van der Waals surface area contributed by atoms with Crippen LogP contribution in [0.4, 0.5) is 0 Å². The molecule has 130 valence electrons. The Morgan fingerprint density at radius 2 is 1.84 bits per heavy atom. The fourth-order valence-corrected chi connectivity index (χ4v) is 3.90. The highest BCUT2D eigenvalue weighted by atomic mass is 32.2. The number of benzene rings is 2. The lowest BCUT2D eigenvalue weighted by Crippen LogP contribution is -2.27. The second-order valence-corrected chi connectivity index (χ2v) is 7.62. The van der Waals surface area contributed by atoms with Crippen molar-refractivity contribution in [2.45, 2.75) is 31.7 Å². The van der Waals surface area contributed by atoms with Crippen molar-refractivity contribution in [2.75, 3.05) is 5.75 Å². The van der Waals surface area contributed by atoms with Crippen LogP contribution in [0.5, 0.6) is 0 Å². The average Bonchev–Trinajstić information content (AvgIpc) is 2.98. The highest BCUT2D eigenvalue weighted by Crippen LogP contribution is 2.29. The minimum atomic E-state index is -1.18. The molecule has 0 radical (unpaired) electrons. The van der Waals surface area contributed by atoms with Gasteiger partial charge in [-0.2, -0.15) is 0 Å². The lowest BCUT2D eigenvalue weighted by Gasteiger charge is -2.14. The zero-order valence-corrected chi connectivity index (χ0v) is 15.4. The van der Waals surface area contributed by atoms with Crippen molar-refractivity contribution in [2.24, 2.45) is 0 Å². The predicted molar refractivity (Wildman–Crippen MR) is 100 cm³/mol. The van der Waals surface area contributed by atoms with Crippen LogP contribution in [0.25, 0.3) is 11.0 Å². The summed E-state index contributed by atoms with van der Waals surface area (Å²) in [5.41, 5.74) is 2.28. The second kappa shape index (κ2) is 7.23. The number of amides is 1. The summed E-state index contributed by atoms with van der Waals surface area (Å²) in [6.07, 6.45) is 0. The van der Waals surface area contributed by atoms with Crippen molar-refractivity contribution < 1.29 is 13.4 Å². The van der Waals surface area contributed by atoms with Crippen LogP contribution in [-0.2, 0) is 10.8 Å². The molecule has 0 bridgehead atoms. The van der Waals surface area contributed by atoms with E-state index in [0.29, 0.717) is 16.2 Å². The van der Waals surface area contributed by atoms with E-state index in [1.54, 1.807) is 24.3 Å². The molecule has 3 aromatic rings. The first kappa shape index (κ1) is 17.4. The van der Waals surface area contributed by atoms with Gasteiger partial charge in [-0.15, -0.1) is 0 Å². The molecule has 25 heavy (non-hydrogen) atoms. The van der Waals surface area contributed by atoms with Crippen LogP contribution < -0.4 is 5.32 Å². The molecule has 2 aromatic carbocycles. The van der Waals surface area contributed by atoms with E-state index in [9.17, 15) is 9.00 Å². The number of aryl methyl sites for hydroxylation is 1. The highest BCUT2D eigenvalue weighted by Gasteiger charge is 2.21. The maximum absolute atomic E-state index is 12.7. The van der Waals surface area contributed by atoms with Crippen LogP contribution in [0.1, 0.15) is 41.6 Å². The van der Waals surface area contributed by atoms with Crippen LogP contribution in [0.3, 0.4) is 0 Å². The minimum Gasteiger partial charge on any atom is -0.459 e. The Morgan fingerprint density at radius 1 is 1.16 bits per heavy atom. The molecule has 4 nitrogen and oxygen atoms in total. The van der Waals surface area contributed by atoms with Gasteiger partial charge in [-0.05, 0) is 32.0 Å². The highest BCUT2D eigenvalue weighted by molar-refractivity contribution is 7.85. The molecule has 0 aliphatic carbocycles. The predicted octanol–water partition coefficient (Wildman–Crippen LogP) is 4.36. The lowest BCUT2D eigenvalue weighted by atomic mass is 10.1. The summed E-state index contributed by atoms with van der Waals surface area (Å²) in [5, 5.41) is 4.01. The Kier molecular flexibility index (Phi) is 5.04. The number of carbonyl (C=O) groups excluding carboxylic acids is 1. The SMILES string of the molecule is CCS(=O)c1ccccc1C(=O)NC(C)c1oc2ccccc2c1C. The summed E-state index contributed by atoms with van der Waals surface area (Å²) in [6, 6.07) is 14.6. The third kappa shape index (κ3) is 3.37. The van der Waals surface area contributed by atoms with Crippen molar-refractivity contribution in [1.29, 1.82) is 0 Å². The molecule has 0 saturated heterocycles. The summed E-state index contributed by atoms with van der Waals surface area (Å²) < 4.78 is 18.1. The second-order valence-electron chi connectivity index (χ2n) is 5.91. The van der Waals surface area contributed by atoms with Gasteiger partial charge in [0.15, 0.2) is 0 Å². The van der Waals surface area contributed by atoms with Gasteiger partial charge in [0.2, 0.25) is 0 Å². The Hall–Kier alpha value is -2.40. The zero-order valence-electron chi connectivity index (χ0n) is 14.5. The third-order valence-electron chi connectivity index (χ3n) is 4.26. The summed E-state index contributed by atoms with van der Waals surface area (Å²) in [4.78, 5) is 13.3. The van der Waals surface area contributed by atoms with Gasteiger partial charge < -0.3 is 9.73 Å². The topological polar surface area (TPSA) is 59.3 Å². The van der Waals surface area contributed by atoms with Crippen LogP contribution >= 0.6 is 0 Å². The molecule has 0 aliphatic rings. The van der Waals surface area contributed by atoms with Crippen molar-refractivity contribution in [1.82, 2.24) is 5.32 Å². The van der Waals surface area contributed by atoms with Gasteiger partial charge in [0.1, 0.15) is 11.3 Å². The zero-order chi connectivity index (χ0) is 18.0. The van der Waals surface area contributed by atoms with Crippen molar-refractivity contribution in [3.63, 3.8) is 0 Å². The summed E-state index contributed by atoms with van der Waals surface area (Å²) in [6.45, 7) is 5.72. The lowest BCUT2D eigenvalue weighted by molar-refractivity contribution is 0.0932. The third-order valence-corrected chi connectivity index (χ3v) is 5.63. The molecule has 3 rings (SSSR count). The van der Waals surface area contributed by atoms with Crippen molar-refractivity contribution in [3.05, 3.63) is 65.4 Å². The molecule has 0 spiro atoms. The van der Waals surface area contributed by atoms with E-state index in [0.717, 1.165) is 22.3 Å². The largest absolute Gasteiger partial charge is 0.459 e. The van der Waals surface area contributed by atoms with Crippen LogP contribution in [0.2, 0.25) is 0 Å². The first-order valence-corrected chi connectivity index (χ1v) is 9.61. The first-order chi connectivity index (χ1) is 12.0. The Labute approximate surface area is 149 Å². The Bertz CT molecular complexity index is 945. The van der Waals surface area contributed by atoms with Gasteiger partial charge >= 0.3 is 0 Å². The molecule has 0 fully saturated rings. The number of hydrogen-bond donors (Lipinski definition) is 1. The molecule has 1 N–H and O–H groups in total. The fraction of sp³-hybridized carbons (Fsp3) is 0.250. The summed E-state index contributed by atoms with van der Waals surface area (Å²) in [7, 11) is -1.18. The summed E-state index contributed by atoms with van der Waals surface area (Å²) in [5.74, 6) is 0.969. The van der Waals surface area contributed by atoms with Crippen LogP contribution in [-0.4, -0.2) is 15.9 Å². The molecule has 0 saturated carbocycles. The quantitative estimate of drug-likeness (QED) is 0.740. The normalized spacial score (nSPS) is 13.6. The van der Waals surface area contributed by atoms with E-state index >= 15 is 0 Å². The van der Waals surface area contributed by atoms with E-state index in [1.807, 2.05) is 45.0 Å². The first-order valence-electron chi connectivity index (χ1n) is 8.29. The van der Waals surface area contributed by atoms with Gasteiger partial charge in [0, 0.05) is 16.7 Å². The van der Waals surface area contributed by atoms with Crippen LogP contribution in [0, 0.1) is 6.92 Å². The molecule has 1 amide bonds. The Morgan fingerprint density at radius 3 is 2.56 bits per heavy atom. The van der Waals surface area contributed by atoms with Gasteiger partial charge in [-0.25, -0.2) is 0 Å². The van der Waals surface area contributed by atoms with E-state index in [1.165, 1.54) is 0 Å². The number of carbonyl (C=O) groups is 1. The van der Waals surface area contributed by atoms with E-state index in [-0.39, 0.29) is 11.9 Å². The number of para-hydroxylation sites is 1. The molecule has 5 heteroatoms. The van der Waals surface area contributed by atoms with Crippen molar-refractivity contribution >= 4 is 27.7 Å². The van der Waals surface area contributed by atoms with Gasteiger partial charge in [-0.1, -0.05) is 37.3 Å². The molecule has 1 heterocycles. The molecule has 1 aromatic heterocycles. The minimum absolute atomic E-state index is 0.246. The number of rotatable bonds is 5. The molecule has 2 unspecified atom stereocenters. The smallest absolute Gasteiger partial charge is 0.253 e. The summed E-state index contributed by atoms with van der Waals surface area (Å²) >= 11 is 0. The average molecular weight is 355 g/mol.